The number of carbonyl (C=O) groups is 1. The first-order chi connectivity index (χ1) is 12.6. The van der Waals surface area contributed by atoms with Crippen LogP contribution in [0.4, 0.5) is 5.69 Å². The number of nitrogens with zero attached hydrogens (tertiary/aromatic N) is 3. The van der Waals surface area contributed by atoms with Crippen molar-refractivity contribution < 1.29 is 9.21 Å². The van der Waals surface area contributed by atoms with E-state index in [1.165, 1.54) is 0 Å². The van der Waals surface area contributed by atoms with Gasteiger partial charge in [0.1, 0.15) is 11.5 Å². The summed E-state index contributed by atoms with van der Waals surface area (Å²) in [5.41, 5.74) is 3.59. The number of aromatic nitrogens is 1. The standard InChI is InChI=1S/C20H22ClN3O2/c1-3-24-17-11-14(2)26-19(17)13-18(24)20(25)23-9-7-22(8-10-23)16-6-4-5-15(21)12-16/h4-6,11-13H,3,7-10H2,1-2H3. The van der Waals surface area contributed by atoms with Crippen molar-refractivity contribution in [3.63, 3.8) is 0 Å². The highest BCUT2D eigenvalue weighted by atomic mass is 35.5. The molecule has 5 nitrogen and oxygen atoms in total. The number of hydrogen-bond acceptors (Lipinski definition) is 3. The van der Waals surface area contributed by atoms with Crippen molar-refractivity contribution in [3.8, 4) is 0 Å². The molecular weight excluding hydrogens is 350 g/mol. The Morgan fingerprint density at radius 1 is 1.15 bits per heavy atom. The molecule has 6 heteroatoms. The number of piperazine rings is 1. The molecule has 1 aromatic carbocycles. The molecule has 0 spiro atoms. The monoisotopic (exact) mass is 371 g/mol. The average molecular weight is 372 g/mol. The predicted octanol–water partition coefficient (Wildman–Crippen LogP) is 4.18. The molecule has 1 aliphatic heterocycles. The Hall–Kier alpha value is -2.40. The van der Waals surface area contributed by atoms with Crippen LogP contribution in [-0.2, 0) is 6.54 Å². The summed E-state index contributed by atoms with van der Waals surface area (Å²) in [7, 11) is 0. The molecule has 0 unspecified atom stereocenters. The van der Waals surface area contributed by atoms with Gasteiger partial charge >= 0.3 is 0 Å². The Balaban J connectivity index is 1.51. The molecule has 0 saturated carbocycles. The normalized spacial score (nSPS) is 15.0. The average Bonchev–Trinajstić information content (AvgIpc) is 3.16. The lowest BCUT2D eigenvalue weighted by atomic mass is 10.2. The molecule has 0 bridgehead atoms. The van der Waals surface area contributed by atoms with Crippen molar-refractivity contribution in [1.82, 2.24) is 9.47 Å². The van der Waals surface area contributed by atoms with Gasteiger partial charge in [0.15, 0.2) is 5.58 Å². The maximum atomic E-state index is 13.1. The molecule has 1 fully saturated rings. The highest BCUT2D eigenvalue weighted by molar-refractivity contribution is 6.30. The van der Waals surface area contributed by atoms with Crippen molar-refractivity contribution in [2.24, 2.45) is 0 Å². The van der Waals surface area contributed by atoms with E-state index in [9.17, 15) is 4.79 Å². The van der Waals surface area contributed by atoms with E-state index in [0.717, 1.165) is 47.2 Å². The summed E-state index contributed by atoms with van der Waals surface area (Å²) >= 11 is 6.09. The molecule has 3 heterocycles. The smallest absolute Gasteiger partial charge is 0.270 e. The molecule has 3 aromatic rings. The molecule has 136 valence electrons. The summed E-state index contributed by atoms with van der Waals surface area (Å²) in [6.07, 6.45) is 0. The fourth-order valence-corrected chi connectivity index (χ4v) is 3.87. The van der Waals surface area contributed by atoms with Crippen LogP contribution < -0.4 is 4.90 Å². The van der Waals surface area contributed by atoms with Crippen molar-refractivity contribution in [2.75, 3.05) is 31.1 Å². The van der Waals surface area contributed by atoms with Gasteiger partial charge in [0.05, 0.1) is 5.52 Å². The van der Waals surface area contributed by atoms with E-state index >= 15 is 0 Å². The van der Waals surface area contributed by atoms with Crippen LogP contribution in [0.2, 0.25) is 5.02 Å². The van der Waals surface area contributed by atoms with Crippen molar-refractivity contribution >= 4 is 34.3 Å². The molecule has 0 radical (unpaired) electrons. The zero-order valence-electron chi connectivity index (χ0n) is 15.0. The molecule has 0 aliphatic carbocycles. The van der Waals surface area contributed by atoms with Crippen molar-refractivity contribution in [3.05, 3.63) is 52.9 Å². The minimum absolute atomic E-state index is 0.0710. The zero-order valence-corrected chi connectivity index (χ0v) is 15.8. The minimum Gasteiger partial charge on any atom is -0.460 e. The van der Waals surface area contributed by atoms with Gasteiger partial charge in [-0.25, -0.2) is 0 Å². The second kappa shape index (κ2) is 6.72. The third-order valence-electron chi connectivity index (χ3n) is 4.99. The van der Waals surface area contributed by atoms with E-state index in [1.54, 1.807) is 0 Å². The molecular formula is C20H22ClN3O2. The first-order valence-electron chi connectivity index (χ1n) is 8.96. The van der Waals surface area contributed by atoms with Crippen LogP contribution in [0.3, 0.4) is 0 Å². The van der Waals surface area contributed by atoms with Crippen LogP contribution in [-0.4, -0.2) is 41.6 Å². The van der Waals surface area contributed by atoms with E-state index in [0.29, 0.717) is 18.8 Å². The van der Waals surface area contributed by atoms with E-state index < -0.39 is 0 Å². The lowest BCUT2D eigenvalue weighted by molar-refractivity contribution is 0.0736. The Bertz CT molecular complexity index is 951. The van der Waals surface area contributed by atoms with Crippen LogP contribution in [0.25, 0.3) is 11.1 Å². The first-order valence-corrected chi connectivity index (χ1v) is 9.34. The van der Waals surface area contributed by atoms with Gasteiger partial charge in [-0.15, -0.1) is 0 Å². The summed E-state index contributed by atoms with van der Waals surface area (Å²) in [5, 5.41) is 0.736. The fraction of sp³-hybridized carbons (Fsp3) is 0.350. The van der Waals surface area contributed by atoms with Gasteiger partial charge in [0.25, 0.3) is 5.91 Å². The van der Waals surface area contributed by atoms with Gasteiger partial charge in [0.2, 0.25) is 0 Å². The molecule has 1 amide bonds. The van der Waals surface area contributed by atoms with Gasteiger partial charge in [-0.3, -0.25) is 4.79 Å². The number of hydrogen-bond donors (Lipinski definition) is 0. The number of aryl methyl sites for hydroxylation is 2. The predicted molar refractivity (Wildman–Crippen MR) is 104 cm³/mol. The zero-order chi connectivity index (χ0) is 18.3. The van der Waals surface area contributed by atoms with Gasteiger partial charge in [-0.2, -0.15) is 0 Å². The lowest BCUT2D eigenvalue weighted by Crippen LogP contribution is -2.49. The second-order valence-corrected chi connectivity index (χ2v) is 7.08. The maximum absolute atomic E-state index is 13.1. The highest BCUT2D eigenvalue weighted by Crippen LogP contribution is 2.26. The topological polar surface area (TPSA) is 41.6 Å². The number of anilines is 1. The van der Waals surface area contributed by atoms with Crippen LogP contribution >= 0.6 is 11.6 Å². The Kier molecular flexibility index (Phi) is 4.41. The van der Waals surface area contributed by atoms with Gasteiger partial charge < -0.3 is 18.8 Å². The Morgan fingerprint density at radius 2 is 1.92 bits per heavy atom. The maximum Gasteiger partial charge on any atom is 0.270 e. The summed E-state index contributed by atoms with van der Waals surface area (Å²) in [5.74, 6) is 0.938. The number of halogens is 1. The third kappa shape index (κ3) is 2.97. The number of carbonyl (C=O) groups excluding carboxylic acids is 1. The quantitative estimate of drug-likeness (QED) is 0.693. The molecule has 1 saturated heterocycles. The van der Waals surface area contributed by atoms with Crippen LogP contribution in [0.5, 0.6) is 0 Å². The summed E-state index contributed by atoms with van der Waals surface area (Å²) in [6.45, 7) is 7.71. The molecule has 1 aliphatic rings. The van der Waals surface area contributed by atoms with Crippen molar-refractivity contribution in [1.29, 1.82) is 0 Å². The fourth-order valence-electron chi connectivity index (χ4n) is 3.69. The largest absolute Gasteiger partial charge is 0.460 e. The minimum atomic E-state index is 0.0710. The number of rotatable bonds is 3. The Labute approximate surface area is 157 Å². The summed E-state index contributed by atoms with van der Waals surface area (Å²) in [6, 6.07) is 11.7. The van der Waals surface area contributed by atoms with Crippen LogP contribution in [0.1, 0.15) is 23.2 Å². The third-order valence-corrected chi connectivity index (χ3v) is 5.22. The molecule has 0 atom stereocenters. The van der Waals surface area contributed by atoms with E-state index in [1.807, 2.05) is 46.7 Å². The highest BCUT2D eigenvalue weighted by Gasteiger charge is 2.26. The van der Waals surface area contributed by atoms with Gasteiger partial charge in [-0.1, -0.05) is 17.7 Å². The SMILES string of the molecule is CCn1c(C(=O)N2CCN(c3cccc(Cl)c3)CC2)cc2oc(C)cc21. The molecule has 26 heavy (non-hydrogen) atoms. The van der Waals surface area contributed by atoms with Crippen LogP contribution in [0, 0.1) is 6.92 Å². The molecule has 2 aromatic heterocycles. The number of amides is 1. The first kappa shape index (κ1) is 17.0. The molecule has 4 rings (SSSR count). The number of benzene rings is 1. The number of fused-ring (bicyclic) bond motifs is 1. The second-order valence-electron chi connectivity index (χ2n) is 6.64. The van der Waals surface area contributed by atoms with Gasteiger partial charge in [-0.05, 0) is 32.0 Å². The van der Waals surface area contributed by atoms with Gasteiger partial charge in [0, 0.05) is 55.6 Å². The van der Waals surface area contributed by atoms with E-state index in [-0.39, 0.29) is 5.91 Å². The lowest BCUT2D eigenvalue weighted by Gasteiger charge is -2.36. The summed E-state index contributed by atoms with van der Waals surface area (Å²) in [4.78, 5) is 17.2. The molecule has 0 N–H and O–H groups in total. The summed E-state index contributed by atoms with van der Waals surface area (Å²) < 4.78 is 7.74. The van der Waals surface area contributed by atoms with E-state index in [4.69, 9.17) is 16.0 Å². The Morgan fingerprint density at radius 3 is 2.62 bits per heavy atom. The van der Waals surface area contributed by atoms with Crippen LogP contribution in [0.15, 0.2) is 40.8 Å². The van der Waals surface area contributed by atoms with Crippen molar-refractivity contribution in [2.45, 2.75) is 20.4 Å². The van der Waals surface area contributed by atoms with E-state index in [2.05, 4.69) is 17.9 Å². The number of furan rings is 1.